The zero-order chi connectivity index (χ0) is 14.5. The molecule has 0 unspecified atom stereocenters. The Kier molecular flexibility index (Phi) is 5.44. The van der Waals surface area contributed by atoms with E-state index in [0.717, 1.165) is 38.5 Å². The lowest BCUT2D eigenvalue weighted by Gasteiger charge is -2.39. The van der Waals surface area contributed by atoms with Crippen molar-refractivity contribution in [3.05, 3.63) is 0 Å². The molecule has 1 saturated heterocycles. The predicted octanol–water partition coefficient (Wildman–Crippen LogP) is 2.90. The Labute approximate surface area is 121 Å². The van der Waals surface area contributed by atoms with E-state index in [9.17, 15) is 9.59 Å². The zero-order valence-corrected chi connectivity index (χ0v) is 12.8. The molecule has 114 valence electrons. The summed E-state index contributed by atoms with van der Waals surface area (Å²) >= 11 is 0. The molecule has 0 N–H and O–H groups in total. The van der Waals surface area contributed by atoms with E-state index in [0.29, 0.717) is 0 Å². The number of hydrogen-bond donors (Lipinski definition) is 0. The summed E-state index contributed by atoms with van der Waals surface area (Å²) in [5.41, 5.74) is 0. The summed E-state index contributed by atoms with van der Waals surface area (Å²) < 4.78 is 5.26. The van der Waals surface area contributed by atoms with Gasteiger partial charge in [0.25, 0.3) is 5.91 Å². The van der Waals surface area contributed by atoms with Crippen LogP contribution in [-0.2, 0) is 14.3 Å². The average molecular weight is 281 g/mol. The molecule has 4 heteroatoms. The van der Waals surface area contributed by atoms with Crippen LogP contribution in [0.4, 0.5) is 0 Å². The van der Waals surface area contributed by atoms with Gasteiger partial charge in [-0.15, -0.1) is 0 Å². The van der Waals surface area contributed by atoms with Crippen molar-refractivity contribution in [1.82, 2.24) is 4.90 Å². The van der Waals surface area contributed by atoms with Crippen LogP contribution in [0, 0.1) is 5.92 Å². The van der Waals surface area contributed by atoms with Gasteiger partial charge < -0.3 is 9.64 Å². The van der Waals surface area contributed by atoms with Crippen LogP contribution in [0.15, 0.2) is 0 Å². The number of hydrogen-bond acceptors (Lipinski definition) is 3. The second-order valence-electron chi connectivity index (χ2n) is 6.37. The third kappa shape index (κ3) is 3.74. The monoisotopic (exact) mass is 281 g/mol. The van der Waals surface area contributed by atoms with E-state index in [1.54, 1.807) is 0 Å². The third-order valence-electron chi connectivity index (χ3n) is 4.76. The van der Waals surface area contributed by atoms with Gasteiger partial charge in [-0.1, -0.05) is 19.3 Å². The standard InChI is InChI=1S/C16H27NO3/c1-12-7-6-8-13(2)17(12)15(18)11-20-16(19)14-9-4-3-5-10-14/h12-14H,3-11H2,1-2H3/t12-,13-/m1/s1. The maximum Gasteiger partial charge on any atom is 0.309 e. The van der Waals surface area contributed by atoms with Crippen LogP contribution in [0.3, 0.4) is 0 Å². The number of carbonyl (C=O) groups excluding carboxylic acids is 2. The second kappa shape index (κ2) is 7.09. The lowest BCUT2D eigenvalue weighted by molar-refractivity contribution is -0.158. The zero-order valence-electron chi connectivity index (χ0n) is 12.8. The quantitative estimate of drug-likeness (QED) is 0.747. The van der Waals surface area contributed by atoms with Gasteiger partial charge in [0.1, 0.15) is 0 Å². The van der Waals surface area contributed by atoms with Crippen LogP contribution >= 0.6 is 0 Å². The smallest absolute Gasteiger partial charge is 0.309 e. The molecule has 4 nitrogen and oxygen atoms in total. The van der Waals surface area contributed by atoms with Gasteiger partial charge >= 0.3 is 5.97 Å². The highest BCUT2D eigenvalue weighted by Gasteiger charge is 2.30. The second-order valence-corrected chi connectivity index (χ2v) is 6.37. The Hall–Kier alpha value is -1.06. The molecule has 0 aromatic rings. The minimum atomic E-state index is -0.171. The van der Waals surface area contributed by atoms with E-state index in [4.69, 9.17) is 4.74 Å². The molecule has 0 bridgehead atoms. The van der Waals surface area contributed by atoms with Crippen LogP contribution in [0.2, 0.25) is 0 Å². The normalized spacial score (nSPS) is 28.2. The summed E-state index contributed by atoms with van der Waals surface area (Å²) in [5.74, 6) is -0.183. The first-order chi connectivity index (χ1) is 9.59. The number of ether oxygens (including phenoxy) is 1. The Morgan fingerprint density at radius 2 is 1.55 bits per heavy atom. The topological polar surface area (TPSA) is 46.6 Å². The highest BCUT2D eigenvalue weighted by Crippen LogP contribution is 2.25. The molecule has 2 aliphatic rings. The summed E-state index contributed by atoms with van der Waals surface area (Å²) in [7, 11) is 0. The van der Waals surface area contributed by atoms with Gasteiger partial charge in [0, 0.05) is 12.1 Å². The van der Waals surface area contributed by atoms with E-state index < -0.39 is 0 Å². The molecule has 0 spiro atoms. The highest BCUT2D eigenvalue weighted by atomic mass is 16.5. The fourth-order valence-electron chi connectivity index (χ4n) is 3.58. The lowest BCUT2D eigenvalue weighted by atomic mass is 9.89. The van der Waals surface area contributed by atoms with Crippen LogP contribution in [-0.4, -0.2) is 35.5 Å². The molecule has 2 fully saturated rings. The van der Waals surface area contributed by atoms with Crippen LogP contribution in [0.25, 0.3) is 0 Å². The highest BCUT2D eigenvalue weighted by molar-refractivity contribution is 5.81. The number of piperidine rings is 1. The Bertz CT molecular complexity index is 340. The largest absolute Gasteiger partial charge is 0.455 e. The molecule has 1 aliphatic heterocycles. The molecular formula is C16H27NO3. The minimum absolute atomic E-state index is 0.0211. The van der Waals surface area contributed by atoms with Gasteiger partial charge in [-0.2, -0.15) is 0 Å². The Morgan fingerprint density at radius 1 is 0.950 bits per heavy atom. The minimum Gasteiger partial charge on any atom is -0.455 e. The summed E-state index contributed by atoms with van der Waals surface area (Å²) in [5, 5.41) is 0. The van der Waals surface area contributed by atoms with Gasteiger partial charge in [0.2, 0.25) is 0 Å². The van der Waals surface area contributed by atoms with Crippen molar-refractivity contribution in [3.63, 3.8) is 0 Å². The first-order valence-electron chi connectivity index (χ1n) is 8.07. The Balaban J connectivity index is 1.80. The van der Waals surface area contributed by atoms with Crippen LogP contribution in [0.5, 0.6) is 0 Å². The summed E-state index contributed by atoms with van der Waals surface area (Å²) in [6.07, 6.45) is 8.54. The molecular weight excluding hydrogens is 254 g/mol. The molecule has 0 aromatic heterocycles. The van der Waals surface area contributed by atoms with Crippen LogP contribution < -0.4 is 0 Å². The van der Waals surface area contributed by atoms with E-state index in [1.807, 2.05) is 4.90 Å². The van der Waals surface area contributed by atoms with Gasteiger partial charge in [0.05, 0.1) is 5.92 Å². The van der Waals surface area contributed by atoms with E-state index in [2.05, 4.69) is 13.8 Å². The molecule has 1 saturated carbocycles. The average Bonchev–Trinajstić information content (AvgIpc) is 2.45. The van der Waals surface area contributed by atoms with Gasteiger partial charge in [0.15, 0.2) is 6.61 Å². The number of rotatable bonds is 3. The fourth-order valence-corrected chi connectivity index (χ4v) is 3.58. The lowest BCUT2D eigenvalue weighted by Crippen LogP contribution is -2.49. The molecule has 2 atom stereocenters. The predicted molar refractivity (Wildman–Crippen MR) is 77.2 cm³/mol. The van der Waals surface area contributed by atoms with Crippen molar-refractivity contribution in [2.45, 2.75) is 77.3 Å². The molecule has 2 rings (SSSR count). The van der Waals surface area contributed by atoms with Crippen molar-refractivity contribution in [1.29, 1.82) is 0 Å². The summed E-state index contributed by atoms with van der Waals surface area (Å²) in [4.78, 5) is 26.1. The molecule has 0 radical (unpaired) electrons. The van der Waals surface area contributed by atoms with Gasteiger partial charge in [-0.25, -0.2) is 0 Å². The van der Waals surface area contributed by atoms with E-state index in [1.165, 1.54) is 12.8 Å². The number of nitrogens with zero attached hydrogens (tertiary/aromatic N) is 1. The maximum absolute atomic E-state index is 12.3. The molecule has 20 heavy (non-hydrogen) atoms. The third-order valence-corrected chi connectivity index (χ3v) is 4.76. The van der Waals surface area contributed by atoms with E-state index >= 15 is 0 Å². The van der Waals surface area contributed by atoms with Crippen LogP contribution in [0.1, 0.15) is 65.2 Å². The van der Waals surface area contributed by atoms with Crippen molar-refractivity contribution < 1.29 is 14.3 Å². The molecule has 0 aromatic carbocycles. The van der Waals surface area contributed by atoms with Crippen molar-refractivity contribution >= 4 is 11.9 Å². The number of esters is 1. The van der Waals surface area contributed by atoms with Gasteiger partial charge in [-0.05, 0) is 46.0 Å². The van der Waals surface area contributed by atoms with Crippen molar-refractivity contribution in [3.8, 4) is 0 Å². The van der Waals surface area contributed by atoms with Crippen molar-refractivity contribution in [2.24, 2.45) is 5.92 Å². The molecule has 1 aliphatic carbocycles. The summed E-state index contributed by atoms with van der Waals surface area (Å²) in [6.45, 7) is 4.08. The number of amides is 1. The molecule has 1 amide bonds. The van der Waals surface area contributed by atoms with Crippen molar-refractivity contribution in [2.75, 3.05) is 6.61 Å². The van der Waals surface area contributed by atoms with Gasteiger partial charge in [-0.3, -0.25) is 9.59 Å². The number of carbonyl (C=O) groups is 2. The maximum atomic E-state index is 12.3. The SMILES string of the molecule is C[C@@H]1CCC[C@@H](C)N1C(=O)COC(=O)C1CCCCC1. The molecule has 1 heterocycles. The summed E-state index contributed by atoms with van der Waals surface area (Å²) in [6, 6.07) is 0.527. The first kappa shape index (κ1) is 15.3. The Morgan fingerprint density at radius 3 is 2.15 bits per heavy atom. The number of likely N-dealkylation sites (tertiary alicyclic amines) is 1. The fraction of sp³-hybridized carbons (Fsp3) is 0.875. The van der Waals surface area contributed by atoms with E-state index in [-0.39, 0.29) is 36.5 Å². The first-order valence-corrected chi connectivity index (χ1v) is 8.07.